The summed E-state index contributed by atoms with van der Waals surface area (Å²) in [5.41, 5.74) is 1.71. The van der Waals surface area contributed by atoms with E-state index in [0.29, 0.717) is 23.2 Å². The first kappa shape index (κ1) is 14.3. The van der Waals surface area contributed by atoms with E-state index in [9.17, 15) is 4.79 Å². The number of carbonyl (C=O) groups excluding carboxylic acids is 1. The van der Waals surface area contributed by atoms with Crippen LogP contribution in [-0.4, -0.2) is 17.5 Å². The van der Waals surface area contributed by atoms with Gasteiger partial charge in [-0.25, -0.2) is 0 Å². The van der Waals surface area contributed by atoms with Crippen LogP contribution in [0.1, 0.15) is 66.2 Å². The van der Waals surface area contributed by atoms with Gasteiger partial charge in [0.25, 0.3) is 0 Å². The van der Waals surface area contributed by atoms with E-state index in [2.05, 4.69) is 27.7 Å². The molecule has 0 amide bonds. The molecule has 3 aliphatic rings. The SMILES string of the molecule is CC(C)(C)O[C@H]1CCC2C3CCC(=O)C=C3CCC21C. The minimum absolute atomic E-state index is 0.0544. The van der Waals surface area contributed by atoms with Gasteiger partial charge in [-0.05, 0) is 76.2 Å². The predicted octanol–water partition coefficient (Wildman–Crippen LogP) is 4.29. The van der Waals surface area contributed by atoms with Gasteiger partial charge in [-0.2, -0.15) is 0 Å². The van der Waals surface area contributed by atoms with E-state index in [-0.39, 0.29) is 5.60 Å². The largest absolute Gasteiger partial charge is 0.372 e. The highest BCUT2D eigenvalue weighted by Crippen LogP contribution is 2.59. The van der Waals surface area contributed by atoms with Crippen molar-refractivity contribution in [2.45, 2.75) is 77.9 Å². The summed E-state index contributed by atoms with van der Waals surface area (Å²) in [7, 11) is 0. The molecular formula is C18H28O2. The fourth-order valence-electron chi connectivity index (χ4n) is 4.86. The Hall–Kier alpha value is -0.630. The van der Waals surface area contributed by atoms with Gasteiger partial charge in [0, 0.05) is 6.42 Å². The lowest BCUT2D eigenvalue weighted by atomic mass is 9.59. The second kappa shape index (κ2) is 4.69. The van der Waals surface area contributed by atoms with Crippen LogP contribution in [0.4, 0.5) is 0 Å². The molecule has 0 bridgehead atoms. The lowest BCUT2D eigenvalue weighted by molar-refractivity contribution is -0.121. The van der Waals surface area contributed by atoms with Crippen molar-refractivity contribution in [3.05, 3.63) is 11.6 Å². The van der Waals surface area contributed by atoms with Crippen molar-refractivity contribution in [2.75, 3.05) is 0 Å². The number of ether oxygens (including phenoxy) is 1. The maximum absolute atomic E-state index is 11.6. The first-order valence-electron chi connectivity index (χ1n) is 8.21. The summed E-state index contributed by atoms with van der Waals surface area (Å²) in [6.07, 6.45) is 8.95. The van der Waals surface area contributed by atoms with Gasteiger partial charge in [0.2, 0.25) is 0 Å². The Balaban J connectivity index is 1.83. The van der Waals surface area contributed by atoms with Crippen LogP contribution in [0.5, 0.6) is 0 Å². The van der Waals surface area contributed by atoms with Crippen LogP contribution in [0.2, 0.25) is 0 Å². The van der Waals surface area contributed by atoms with Gasteiger partial charge in [-0.15, -0.1) is 0 Å². The lowest BCUT2D eigenvalue weighted by Crippen LogP contribution is -2.44. The van der Waals surface area contributed by atoms with Gasteiger partial charge in [0.05, 0.1) is 11.7 Å². The molecule has 0 aromatic rings. The molecule has 0 aliphatic heterocycles. The van der Waals surface area contributed by atoms with Gasteiger partial charge < -0.3 is 4.74 Å². The van der Waals surface area contributed by atoms with Crippen molar-refractivity contribution >= 4 is 5.78 Å². The number of rotatable bonds is 1. The van der Waals surface area contributed by atoms with E-state index >= 15 is 0 Å². The maximum atomic E-state index is 11.6. The van der Waals surface area contributed by atoms with Crippen LogP contribution in [0.25, 0.3) is 0 Å². The summed E-state index contributed by atoms with van der Waals surface area (Å²) >= 11 is 0. The molecule has 0 N–H and O–H groups in total. The third-order valence-corrected chi connectivity index (χ3v) is 5.78. The highest BCUT2D eigenvalue weighted by atomic mass is 16.5. The normalized spacial score (nSPS) is 41.1. The van der Waals surface area contributed by atoms with Gasteiger partial charge in [0.1, 0.15) is 0 Å². The molecule has 0 saturated heterocycles. The van der Waals surface area contributed by atoms with Crippen molar-refractivity contribution in [1.82, 2.24) is 0 Å². The molecule has 3 aliphatic carbocycles. The van der Waals surface area contributed by atoms with Crippen molar-refractivity contribution < 1.29 is 9.53 Å². The molecular weight excluding hydrogens is 248 g/mol. The van der Waals surface area contributed by atoms with Gasteiger partial charge in [0.15, 0.2) is 5.78 Å². The Morgan fingerprint density at radius 3 is 2.65 bits per heavy atom. The van der Waals surface area contributed by atoms with E-state index in [1.54, 1.807) is 0 Å². The van der Waals surface area contributed by atoms with E-state index in [0.717, 1.165) is 25.2 Å². The summed E-state index contributed by atoms with van der Waals surface area (Å²) in [6, 6.07) is 0. The minimum Gasteiger partial charge on any atom is -0.372 e. The highest BCUT2D eigenvalue weighted by molar-refractivity contribution is 5.91. The molecule has 0 radical (unpaired) electrons. The van der Waals surface area contributed by atoms with Crippen molar-refractivity contribution in [3.63, 3.8) is 0 Å². The molecule has 3 rings (SSSR count). The Morgan fingerprint density at radius 2 is 1.95 bits per heavy atom. The first-order chi connectivity index (χ1) is 9.29. The maximum Gasteiger partial charge on any atom is 0.155 e. The monoisotopic (exact) mass is 276 g/mol. The molecule has 20 heavy (non-hydrogen) atoms. The summed E-state index contributed by atoms with van der Waals surface area (Å²) in [4.78, 5) is 11.6. The quantitative estimate of drug-likeness (QED) is 0.714. The zero-order valence-electron chi connectivity index (χ0n) is 13.4. The van der Waals surface area contributed by atoms with E-state index in [4.69, 9.17) is 4.74 Å². The second-order valence-electron chi connectivity index (χ2n) is 8.24. The molecule has 2 fully saturated rings. The van der Waals surface area contributed by atoms with Crippen LogP contribution in [0.3, 0.4) is 0 Å². The van der Waals surface area contributed by atoms with E-state index in [1.807, 2.05) is 6.08 Å². The van der Waals surface area contributed by atoms with Crippen LogP contribution in [-0.2, 0) is 9.53 Å². The summed E-state index contributed by atoms with van der Waals surface area (Å²) in [5.74, 6) is 1.73. The second-order valence-corrected chi connectivity index (χ2v) is 8.24. The van der Waals surface area contributed by atoms with Gasteiger partial charge in [-0.3, -0.25) is 4.79 Å². The Labute approximate surface area is 123 Å². The Bertz CT molecular complexity index is 443. The summed E-state index contributed by atoms with van der Waals surface area (Å²) in [6.45, 7) is 8.93. The number of hydrogen-bond donors (Lipinski definition) is 0. The Morgan fingerprint density at radius 1 is 1.20 bits per heavy atom. The fourth-order valence-corrected chi connectivity index (χ4v) is 4.86. The predicted molar refractivity (Wildman–Crippen MR) is 80.5 cm³/mol. The van der Waals surface area contributed by atoms with Crippen molar-refractivity contribution in [3.8, 4) is 0 Å². The lowest BCUT2D eigenvalue weighted by Gasteiger charge is -2.48. The molecule has 3 unspecified atom stereocenters. The number of allylic oxidation sites excluding steroid dienone is 2. The molecule has 0 heterocycles. The molecule has 0 aromatic carbocycles. The van der Waals surface area contributed by atoms with Crippen molar-refractivity contribution in [1.29, 1.82) is 0 Å². The average Bonchev–Trinajstić information content (AvgIpc) is 2.65. The molecule has 2 saturated carbocycles. The zero-order valence-corrected chi connectivity index (χ0v) is 13.4. The smallest absolute Gasteiger partial charge is 0.155 e. The molecule has 0 spiro atoms. The highest BCUT2D eigenvalue weighted by Gasteiger charge is 2.54. The van der Waals surface area contributed by atoms with Gasteiger partial charge in [-0.1, -0.05) is 12.5 Å². The Kier molecular flexibility index (Phi) is 3.36. The number of carbonyl (C=O) groups is 1. The van der Waals surface area contributed by atoms with Crippen molar-refractivity contribution in [2.24, 2.45) is 17.3 Å². The molecule has 2 heteroatoms. The van der Waals surface area contributed by atoms with Crippen LogP contribution in [0, 0.1) is 17.3 Å². The standard InChI is InChI=1S/C18H28O2/c1-17(2,3)20-16-8-7-15-14-6-5-13(19)11-12(14)9-10-18(15,16)4/h11,14-16H,5-10H2,1-4H3/t14?,15?,16-,18?/m0/s1. The first-order valence-corrected chi connectivity index (χ1v) is 8.21. The average molecular weight is 276 g/mol. The van der Waals surface area contributed by atoms with Gasteiger partial charge >= 0.3 is 0 Å². The minimum atomic E-state index is -0.0544. The summed E-state index contributed by atoms with van der Waals surface area (Å²) in [5, 5.41) is 0. The molecule has 0 aromatic heterocycles. The number of fused-ring (bicyclic) bond motifs is 3. The van der Waals surface area contributed by atoms with Crippen LogP contribution < -0.4 is 0 Å². The molecule has 112 valence electrons. The third kappa shape index (κ3) is 2.36. The number of hydrogen-bond acceptors (Lipinski definition) is 2. The molecule has 2 nitrogen and oxygen atoms in total. The third-order valence-electron chi connectivity index (χ3n) is 5.78. The van der Waals surface area contributed by atoms with Crippen LogP contribution >= 0.6 is 0 Å². The zero-order chi connectivity index (χ0) is 14.5. The fraction of sp³-hybridized carbons (Fsp3) is 0.833. The molecule has 4 atom stereocenters. The topological polar surface area (TPSA) is 26.3 Å². The summed E-state index contributed by atoms with van der Waals surface area (Å²) < 4.78 is 6.39. The van der Waals surface area contributed by atoms with E-state index < -0.39 is 0 Å². The van der Waals surface area contributed by atoms with Crippen LogP contribution in [0.15, 0.2) is 11.6 Å². The number of ketones is 1. The van der Waals surface area contributed by atoms with E-state index in [1.165, 1.54) is 24.8 Å².